The number of ether oxygens (including phenoxy) is 1. The van der Waals surface area contributed by atoms with E-state index in [4.69, 9.17) is 21.2 Å². The Kier molecular flexibility index (Phi) is 6.60. The van der Waals surface area contributed by atoms with Gasteiger partial charge >= 0.3 is 0 Å². The SMILES string of the molecule is CC(On1nnc2ccc(S(=O)(=O)N3CCOCC3)cc21)C(=O)NCc1ccc(Cl)cc1. The van der Waals surface area contributed by atoms with Gasteiger partial charge < -0.3 is 14.9 Å². The number of carbonyl (C=O) groups excluding carboxylic acids is 1. The Morgan fingerprint density at radius 1 is 1.22 bits per heavy atom. The first kappa shape index (κ1) is 22.5. The summed E-state index contributed by atoms with van der Waals surface area (Å²) in [5, 5.41) is 11.3. The van der Waals surface area contributed by atoms with E-state index in [0.29, 0.717) is 48.9 Å². The molecule has 2 aromatic carbocycles. The molecule has 10 nitrogen and oxygen atoms in total. The van der Waals surface area contributed by atoms with Gasteiger partial charge in [-0.25, -0.2) is 8.42 Å². The van der Waals surface area contributed by atoms with Gasteiger partial charge in [0.1, 0.15) is 11.0 Å². The smallest absolute Gasteiger partial charge is 0.263 e. The predicted octanol–water partition coefficient (Wildman–Crippen LogP) is 1.24. The summed E-state index contributed by atoms with van der Waals surface area (Å²) in [6.07, 6.45) is -0.897. The average Bonchev–Trinajstić information content (AvgIpc) is 3.21. The molecule has 170 valence electrons. The maximum absolute atomic E-state index is 12.9. The monoisotopic (exact) mass is 479 g/mol. The summed E-state index contributed by atoms with van der Waals surface area (Å²) in [6, 6.07) is 11.6. The van der Waals surface area contributed by atoms with Crippen molar-refractivity contribution in [2.24, 2.45) is 0 Å². The molecular formula is C20H22ClN5O5S. The van der Waals surface area contributed by atoms with Crippen LogP contribution in [0.5, 0.6) is 0 Å². The van der Waals surface area contributed by atoms with Crippen molar-refractivity contribution >= 4 is 38.6 Å². The molecule has 1 amide bonds. The zero-order valence-electron chi connectivity index (χ0n) is 17.3. The molecule has 1 atom stereocenters. The topological polar surface area (TPSA) is 116 Å². The highest BCUT2D eigenvalue weighted by atomic mass is 35.5. The van der Waals surface area contributed by atoms with Gasteiger partial charge in [-0.3, -0.25) is 4.79 Å². The fourth-order valence-corrected chi connectivity index (χ4v) is 4.74. The maximum atomic E-state index is 12.9. The fraction of sp³-hybridized carbons (Fsp3) is 0.350. The molecule has 0 radical (unpaired) electrons. The van der Waals surface area contributed by atoms with Crippen molar-refractivity contribution in [2.75, 3.05) is 26.3 Å². The first-order chi connectivity index (χ1) is 15.3. The largest absolute Gasteiger partial charge is 0.382 e. The van der Waals surface area contributed by atoms with E-state index in [9.17, 15) is 13.2 Å². The molecule has 1 fully saturated rings. The molecule has 0 spiro atoms. The Labute approximate surface area is 190 Å². The van der Waals surface area contributed by atoms with Crippen LogP contribution < -0.4 is 10.2 Å². The molecule has 1 N–H and O–H groups in total. The average molecular weight is 480 g/mol. The molecule has 0 bridgehead atoms. The van der Waals surface area contributed by atoms with Crippen LogP contribution >= 0.6 is 11.6 Å². The van der Waals surface area contributed by atoms with Crippen LogP contribution in [-0.2, 0) is 26.1 Å². The van der Waals surface area contributed by atoms with Crippen molar-refractivity contribution in [3.63, 3.8) is 0 Å². The number of fused-ring (bicyclic) bond motifs is 1. The van der Waals surface area contributed by atoms with E-state index in [1.54, 1.807) is 25.1 Å². The Morgan fingerprint density at radius 3 is 2.66 bits per heavy atom. The molecule has 1 unspecified atom stereocenters. The van der Waals surface area contributed by atoms with Crippen LogP contribution in [0, 0.1) is 0 Å². The Hall–Kier alpha value is -2.73. The van der Waals surface area contributed by atoms with Crippen molar-refractivity contribution in [1.29, 1.82) is 0 Å². The minimum absolute atomic E-state index is 0.0962. The number of amides is 1. The number of hydrogen-bond acceptors (Lipinski definition) is 7. The van der Waals surface area contributed by atoms with Gasteiger partial charge in [0.25, 0.3) is 5.91 Å². The van der Waals surface area contributed by atoms with Gasteiger partial charge in [-0.2, -0.15) is 4.31 Å². The zero-order valence-corrected chi connectivity index (χ0v) is 18.8. The number of aromatic nitrogens is 3. The molecule has 2 heterocycles. The second-order valence-electron chi connectivity index (χ2n) is 7.22. The lowest BCUT2D eigenvalue weighted by molar-refractivity contribution is -0.133. The molecule has 0 saturated carbocycles. The van der Waals surface area contributed by atoms with E-state index in [1.165, 1.54) is 16.4 Å². The lowest BCUT2D eigenvalue weighted by Gasteiger charge is -2.26. The van der Waals surface area contributed by atoms with Gasteiger partial charge in [0.05, 0.1) is 18.1 Å². The summed E-state index contributed by atoms with van der Waals surface area (Å²) < 4.78 is 32.5. The van der Waals surface area contributed by atoms with Gasteiger partial charge in [0.15, 0.2) is 0 Å². The van der Waals surface area contributed by atoms with Crippen LogP contribution in [0.25, 0.3) is 11.0 Å². The number of carbonyl (C=O) groups is 1. The van der Waals surface area contributed by atoms with E-state index in [1.807, 2.05) is 12.1 Å². The highest BCUT2D eigenvalue weighted by molar-refractivity contribution is 7.89. The maximum Gasteiger partial charge on any atom is 0.263 e. The Morgan fingerprint density at radius 2 is 1.94 bits per heavy atom. The van der Waals surface area contributed by atoms with Gasteiger partial charge in [0, 0.05) is 24.7 Å². The Bertz CT molecular complexity index is 1210. The molecule has 1 saturated heterocycles. The number of benzene rings is 2. The first-order valence-electron chi connectivity index (χ1n) is 9.97. The minimum Gasteiger partial charge on any atom is -0.382 e. The molecule has 4 rings (SSSR count). The van der Waals surface area contributed by atoms with Gasteiger partial charge in [-0.1, -0.05) is 28.6 Å². The first-order valence-corrected chi connectivity index (χ1v) is 11.8. The number of morpholine rings is 1. The lowest BCUT2D eigenvalue weighted by atomic mass is 10.2. The van der Waals surface area contributed by atoms with Crippen LogP contribution in [-0.4, -0.2) is 66.2 Å². The van der Waals surface area contributed by atoms with Crippen molar-refractivity contribution in [2.45, 2.75) is 24.5 Å². The second-order valence-corrected chi connectivity index (χ2v) is 9.60. The van der Waals surface area contributed by atoms with Gasteiger partial charge in [-0.15, -0.1) is 5.10 Å². The summed E-state index contributed by atoms with van der Waals surface area (Å²) in [5.41, 5.74) is 1.68. The summed E-state index contributed by atoms with van der Waals surface area (Å²) in [6.45, 7) is 3.17. The van der Waals surface area contributed by atoms with Crippen LogP contribution in [0.15, 0.2) is 47.4 Å². The predicted molar refractivity (Wildman–Crippen MR) is 116 cm³/mol. The van der Waals surface area contributed by atoms with Gasteiger partial charge in [-0.05, 0) is 48.0 Å². The highest BCUT2D eigenvalue weighted by Crippen LogP contribution is 2.21. The third-order valence-corrected chi connectivity index (χ3v) is 7.15. The van der Waals surface area contributed by atoms with Crippen molar-refractivity contribution < 1.29 is 22.8 Å². The van der Waals surface area contributed by atoms with E-state index < -0.39 is 16.1 Å². The molecule has 12 heteroatoms. The number of rotatable bonds is 7. The summed E-state index contributed by atoms with van der Waals surface area (Å²) >= 11 is 5.87. The van der Waals surface area contributed by atoms with Gasteiger partial charge in [0.2, 0.25) is 16.1 Å². The molecule has 32 heavy (non-hydrogen) atoms. The Balaban J connectivity index is 1.47. The third kappa shape index (κ3) is 4.85. The minimum atomic E-state index is -3.70. The van der Waals surface area contributed by atoms with Crippen LogP contribution in [0.2, 0.25) is 5.02 Å². The molecule has 1 aromatic heterocycles. The van der Waals surface area contributed by atoms with Crippen molar-refractivity contribution in [3.05, 3.63) is 53.1 Å². The molecule has 3 aromatic rings. The zero-order chi connectivity index (χ0) is 22.7. The fourth-order valence-electron chi connectivity index (χ4n) is 3.19. The summed E-state index contributed by atoms with van der Waals surface area (Å²) in [5.74, 6) is -0.360. The number of halogens is 1. The summed E-state index contributed by atoms with van der Waals surface area (Å²) in [4.78, 5) is 19.2. The molecular weight excluding hydrogens is 458 g/mol. The molecule has 0 aliphatic carbocycles. The highest BCUT2D eigenvalue weighted by Gasteiger charge is 2.27. The van der Waals surface area contributed by atoms with E-state index in [0.717, 1.165) is 10.4 Å². The molecule has 1 aliphatic rings. The third-order valence-electron chi connectivity index (χ3n) is 5.00. The number of sulfonamides is 1. The second kappa shape index (κ2) is 9.41. The van der Waals surface area contributed by atoms with Crippen LogP contribution in [0.3, 0.4) is 0 Å². The molecule has 1 aliphatic heterocycles. The van der Waals surface area contributed by atoms with Crippen molar-refractivity contribution in [3.8, 4) is 0 Å². The number of nitrogens with zero attached hydrogens (tertiary/aromatic N) is 4. The number of nitrogens with one attached hydrogen (secondary N) is 1. The van der Waals surface area contributed by atoms with Crippen LogP contribution in [0.4, 0.5) is 0 Å². The van der Waals surface area contributed by atoms with Crippen LogP contribution in [0.1, 0.15) is 12.5 Å². The van der Waals surface area contributed by atoms with Crippen molar-refractivity contribution in [1.82, 2.24) is 24.8 Å². The quantitative estimate of drug-likeness (QED) is 0.542. The van der Waals surface area contributed by atoms with E-state index in [-0.39, 0.29) is 10.8 Å². The number of hydrogen-bond donors (Lipinski definition) is 1. The standard InChI is InChI=1S/C20H22ClN5O5S/c1-14(20(27)22-13-15-2-4-16(21)5-3-15)31-26-19-12-17(6-7-18(19)23-24-26)32(28,29)25-8-10-30-11-9-25/h2-7,12,14H,8-11,13H2,1H3,(H,22,27). The lowest BCUT2D eigenvalue weighted by Crippen LogP contribution is -2.40. The van der Waals surface area contributed by atoms with E-state index in [2.05, 4.69) is 15.6 Å². The summed E-state index contributed by atoms with van der Waals surface area (Å²) in [7, 11) is -3.70. The van der Waals surface area contributed by atoms with E-state index >= 15 is 0 Å². The normalized spacial score (nSPS) is 16.1.